The maximum atomic E-state index is 7.00. The summed E-state index contributed by atoms with van der Waals surface area (Å²) in [7, 11) is 0. The smallest absolute Gasteiger partial charge is 0.482 e. The fraction of sp³-hybridized carbons (Fsp3) is 0.314. The van der Waals surface area contributed by atoms with Crippen LogP contribution in [0.15, 0.2) is 126 Å². The van der Waals surface area contributed by atoms with Gasteiger partial charge in [0.2, 0.25) is 0 Å². The van der Waals surface area contributed by atoms with Crippen molar-refractivity contribution in [3.05, 3.63) is 126 Å². The van der Waals surface area contributed by atoms with E-state index in [1.807, 2.05) is 12.3 Å². The average Bonchev–Trinajstić information content (AvgIpc) is 3.65. The molecule has 6 nitrogen and oxygen atoms in total. The van der Waals surface area contributed by atoms with E-state index in [4.69, 9.17) is 19.5 Å². The summed E-state index contributed by atoms with van der Waals surface area (Å²) in [6, 6.07) is 41.4. The molecule has 8 heteroatoms. The van der Waals surface area contributed by atoms with Crippen molar-refractivity contribution in [2.75, 3.05) is 13.2 Å². The first-order valence-corrected chi connectivity index (χ1v) is 22.0. The summed E-state index contributed by atoms with van der Waals surface area (Å²) in [6.45, 7) is 10.6. The molecule has 0 spiro atoms. The Morgan fingerprint density at radius 1 is 0.610 bits per heavy atom. The number of rotatable bonds is 18. The van der Waals surface area contributed by atoms with Gasteiger partial charge in [-0.1, -0.05) is 131 Å². The van der Waals surface area contributed by atoms with Gasteiger partial charge in [0.1, 0.15) is 11.5 Å². The summed E-state index contributed by atoms with van der Waals surface area (Å²) in [6.07, 6.45) is 11.6. The summed E-state index contributed by atoms with van der Waals surface area (Å²) in [4.78, 5) is 8.50. The highest BCUT2D eigenvalue weighted by Gasteiger charge is 2.16. The predicted octanol–water partition coefficient (Wildman–Crippen LogP) is 13.8. The molecule has 0 saturated carbocycles. The van der Waals surface area contributed by atoms with Crippen LogP contribution < -0.4 is 9.47 Å². The third-order valence-electron chi connectivity index (χ3n) is 11.3. The van der Waals surface area contributed by atoms with Gasteiger partial charge < -0.3 is 24.5 Å². The van der Waals surface area contributed by atoms with Crippen molar-refractivity contribution in [1.82, 2.24) is 9.97 Å². The molecule has 7 rings (SSSR count). The molecule has 2 aromatic heterocycles. The summed E-state index contributed by atoms with van der Waals surface area (Å²) < 4.78 is 13.6. The van der Waals surface area contributed by atoms with E-state index in [9.17, 15) is 0 Å². The monoisotopic (exact) mass is 851 g/mol. The number of H-pyrrole nitrogens is 1. The van der Waals surface area contributed by atoms with E-state index in [2.05, 4.69) is 163 Å². The minimum absolute atomic E-state index is 0. The maximum Gasteiger partial charge on any atom is 0.482 e. The molecule has 0 aliphatic carbocycles. The van der Waals surface area contributed by atoms with Gasteiger partial charge >= 0.3 is 7.69 Å². The topological polar surface area (TPSA) is 87.6 Å². The quantitative estimate of drug-likeness (QED) is 0.0749. The summed E-state index contributed by atoms with van der Waals surface area (Å²) in [5.41, 5.74) is 11.2. The standard InChI is InChI=1S/C51H55BrN2O2.BH2O2/c1-5-9-12-35(7-3)33-55-44-21-16-37(17-22-44)39-20-25-49-47(29-39)48-31-42(38-18-23-45(24-19-38)56-34-36(8-4)13-10-6-2)30-46(51(48)54-49)40-14-11-15-41(28-40)50-32-43(52)26-27-53-50;2-1-3/h11,14-32,35-36,54H,5-10,12-13,33-34H2,1-4H3;2-3H. The molecule has 2 atom stereocenters. The van der Waals surface area contributed by atoms with Gasteiger partial charge in [-0.25, -0.2) is 0 Å². The molecule has 5 aromatic carbocycles. The Kier molecular flexibility index (Phi) is 16.2. The molecule has 7 aromatic rings. The molecule has 0 amide bonds. The minimum atomic E-state index is 0. The number of nitrogens with one attached hydrogen (secondary N) is 1. The van der Waals surface area contributed by atoms with E-state index in [1.54, 1.807) is 0 Å². The highest BCUT2D eigenvalue weighted by Crippen LogP contribution is 2.40. The molecule has 0 aliphatic rings. The number of hydrogen-bond acceptors (Lipinski definition) is 5. The zero-order chi connectivity index (χ0) is 41.6. The minimum Gasteiger partial charge on any atom is -0.493 e. The van der Waals surface area contributed by atoms with Crippen LogP contribution in [-0.4, -0.2) is 40.9 Å². The van der Waals surface area contributed by atoms with Crippen LogP contribution in [-0.2, 0) is 0 Å². The van der Waals surface area contributed by atoms with Crippen molar-refractivity contribution in [2.45, 2.75) is 79.1 Å². The van der Waals surface area contributed by atoms with Crippen LogP contribution in [0.2, 0.25) is 0 Å². The molecule has 305 valence electrons. The molecule has 0 aliphatic heterocycles. The van der Waals surface area contributed by atoms with E-state index in [0.717, 1.165) is 86.6 Å². The van der Waals surface area contributed by atoms with Crippen LogP contribution in [0.4, 0.5) is 0 Å². The lowest BCUT2D eigenvalue weighted by Gasteiger charge is -2.16. The number of aromatic nitrogens is 2. The normalized spacial score (nSPS) is 12.2. The lowest BCUT2D eigenvalue weighted by Crippen LogP contribution is -2.11. The predicted molar refractivity (Wildman–Crippen MR) is 251 cm³/mol. The van der Waals surface area contributed by atoms with Gasteiger partial charge in [0.15, 0.2) is 0 Å². The molecule has 59 heavy (non-hydrogen) atoms. The van der Waals surface area contributed by atoms with Crippen molar-refractivity contribution in [3.63, 3.8) is 0 Å². The maximum absolute atomic E-state index is 7.00. The Bertz CT molecular complexity index is 2380. The third kappa shape index (κ3) is 11.4. The number of unbranched alkanes of at least 4 members (excludes halogenated alkanes) is 2. The van der Waals surface area contributed by atoms with Crippen LogP contribution >= 0.6 is 15.9 Å². The molecular weight excluding hydrogens is 795 g/mol. The van der Waals surface area contributed by atoms with Crippen molar-refractivity contribution >= 4 is 45.4 Å². The lowest BCUT2D eigenvalue weighted by atomic mass is 9.94. The second kappa shape index (κ2) is 21.9. The molecule has 1 radical (unpaired) electrons. The number of pyridine rings is 1. The number of halogens is 1. The number of fused-ring (bicyclic) bond motifs is 3. The lowest BCUT2D eigenvalue weighted by molar-refractivity contribution is 0.233. The van der Waals surface area contributed by atoms with Gasteiger partial charge in [0.25, 0.3) is 0 Å². The van der Waals surface area contributed by atoms with Gasteiger partial charge in [0.05, 0.1) is 24.4 Å². The fourth-order valence-electron chi connectivity index (χ4n) is 7.69. The van der Waals surface area contributed by atoms with Crippen molar-refractivity contribution < 1.29 is 19.5 Å². The number of hydrogen-bond donors (Lipinski definition) is 3. The van der Waals surface area contributed by atoms with Gasteiger partial charge in [-0.3, -0.25) is 4.98 Å². The molecule has 2 heterocycles. The average molecular weight is 853 g/mol. The van der Waals surface area contributed by atoms with Gasteiger partial charge in [-0.2, -0.15) is 0 Å². The summed E-state index contributed by atoms with van der Waals surface area (Å²) in [5.74, 6) is 3.06. The van der Waals surface area contributed by atoms with E-state index in [-0.39, 0.29) is 7.69 Å². The number of ether oxygens (including phenoxy) is 2. The van der Waals surface area contributed by atoms with Crippen LogP contribution in [0.25, 0.3) is 66.4 Å². The molecule has 0 fully saturated rings. The van der Waals surface area contributed by atoms with E-state index < -0.39 is 0 Å². The van der Waals surface area contributed by atoms with Gasteiger partial charge in [-0.05, 0) is 119 Å². The van der Waals surface area contributed by atoms with Crippen molar-refractivity contribution in [1.29, 1.82) is 0 Å². The van der Waals surface area contributed by atoms with E-state index >= 15 is 0 Å². The Morgan fingerprint density at radius 2 is 1.17 bits per heavy atom. The zero-order valence-corrected chi connectivity index (χ0v) is 36.5. The first kappa shape index (κ1) is 43.7. The SMILES string of the molecule is CCCCC(CC)COc1ccc(-c2ccc3[nH]c4c(-c5cccc(-c6cc(Br)ccn6)c5)cc(-c5ccc(OCC(CC)CCCC)cc5)cc4c3c2)cc1.O[B]O. The Balaban J connectivity index is 0.00000189. The zero-order valence-electron chi connectivity index (χ0n) is 34.9. The van der Waals surface area contributed by atoms with Crippen LogP contribution in [0.1, 0.15) is 79.1 Å². The first-order valence-electron chi connectivity index (χ1n) is 21.3. The highest BCUT2D eigenvalue weighted by molar-refractivity contribution is 9.10. The van der Waals surface area contributed by atoms with Crippen LogP contribution in [0.5, 0.6) is 11.5 Å². The van der Waals surface area contributed by atoms with Gasteiger partial charge in [-0.15, -0.1) is 0 Å². The second-order valence-corrected chi connectivity index (χ2v) is 16.3. The molecule has 2 unspecified atom stereocenters. The Morgan fingerprint density at radius 3 is 1.75 bits per heavy atom. The second-order valence-electron chi connectivity index (χ2n) is 15.4. The Labute approximate surface area is 359 Å². The van der Waals surface area contributed by atoms with Crippen LogP contribution in [0, 0.1) is 11.8 Å². The summed E-state index contributed by atoms with van der Waals surface area (Å²) in [5, 5.41) is 16.4. The van der Waals surface area contributed by atoms with E-state index in [1.165, 1.54) is 60.4 Å². The molecule has 0 saturated heterocycles. The molecule has 0 bridgehead atoms. The van der Waals surface area contributed by atoms with Crippen LogP contribution in [0.3, 0.4) is 0 Å². The van der Waals surface area contributed by atoms with E-state index in [0.29, 0.717) is 11.8 Å². The third-order valence-corrected chi connectivity index (χ3v) is 11.8. The van der Waals surface area contributed by atoms with Crippen molar-refractivity contribution in [2.24, 2.45) is 11.8 Å². The highest BCUT2D eigenvalue weighted by atomic mass is 79.9. The Hall–Kier alpha value is -4.89. The molecular formula is C51H57BBrN2O4. The number of aromatic amines is 1. The number of benzene rings is 5. The van der Waals surface area contributed by atoms with Gasteiger partial charge in [0, 0.05) is 38.1 Å². The number of nitrogens with zero attached hydrogens (tertiary/aromatic N) is 1. The van der Waals surface area contributed by atoms with Crippen molar-refractivity contribution in [3.8, 4) is 56.1 Å². The fourth-order valence-corrected chi connectivity index (χ4v) is 8.03. The first-order chi connectivity index (χ1) is 28.9. The summed E-state index contributed by atoms with van der Waals surface area (Å²) >= 11 is 3.63. The largest absolute Gasteiger partial charge is 0.493 e. The molecule has 3 N–H and O–H groups in total.